The lowest BCUT2D eigenvalue weighted by molar-refractivity contribution is 0.415. The summed E-state index contributed by atoms with van der Waals surface area (Å²) in [4.78, 5) is 8.89. The van der Waals surface area contributed by atoms with Gasteiger partial charge in [0, 0.05) is 11.1 Å². The van der Waals surface area contributed by atoms with E-state index in [4.69, 9.17) is 15.6 Å². The smallest absolute Gasteiger partial charge is 0.221 e. The van der Waals surface area contributed by atoms with Gasteiger partial charge in [-0.15, -0.1) is 0 Å². The minimum Gasteiger partial charge on any atom is -0.497 e. The average Bonchev–Trinajstić information content (AvgIpc) is 3.02. The van der Waals surface area contributed by atoms with Crippen LogP contribution in [-0.4, -0.2) is 26.9 Å². The number of aryl methyl sites for hydroxylation is 1. The van der Waals surface area contributed by atoms with Gasteiger partial charge in [-0.25, -0.2) is 14.6 Å². The standard InChI is InChI=1S/C22H21N5O/c1-14-21(15(2)27(26-14)17-7-5-4-6-8-17)20-13-19(24-22(23)25-20)16-9-11-18(28-3)12-10-16/h4-13H,1-3H3,(H2,23,24,25). The first-order chi connectivity index (χ1) is 13.6. The van der Waals surface area contributed by atoms with Crippen molar-refractivity contribution in [2.24, 2.45) is 0 Å². The third-order valence-electron chi connectivity index (χ3n) is 4.68. The number of methoxy groups -OCH3 is 1. The molecule has 2 N–H and O–H groups in total. The molecule has 0 atom stereocenters. The number of hydrogen-bond acceptors (Lipinski definition) is 5. The van der Waals surface area contributed by atoms with Crippen LogP contribution in [0.15, 0.2) is 60.7 Å². The fourth-order valence-electron chi connectivity index (χ4n) is 3.34. The topological polar surface area (TPSA) is 78.8 Å². The van der Waals surface area contributed by atoms with E-state index >= 15 is 0 Å². The van der Waals surface area contributed by atoms with Gasteiger partial charge >= 0.3 is 0 Å². The van der Waals surface area contributed by atoms with Crippen molar-refractivity contribution in [3.05, 3.63) is 72.1 Å². The molecule has 0 amide bonds. The second-order valence-electron chi connectivity index (χ2n) is 6.52. The van der Waals surface area contributed by atoms with E-state index in [-0.39, 0.29) is 5.95 Å². The van der Waals surface area contributed by atoms with E-state index in [0.717, 1.165) is 45.3 Å². The SMILES string of the molecule is COc1ccc(-c2cc(-c3c(C)nn(-c4ccccc4)c3C)nc(N)n2)cc1. The van der Waals surface area contributed by atoms with Crippen LogP contribution in [-0.2, 0) is 0 Å². The highest BCUT2D eigenvalue weighted by Crippen LogP contribution is 2.31. The van der Waals surface area contributed by atoms with E-state index in [2.05, 4.69) is 9.97 Å². The van der Waals surface area contributed by atoms with Gasteiger partial charge in [0.15, 0.2) is 0 Å². The van der Waals surface area contributed by atoms with E-state index in [0.29, 0.717) is 0 Å². The van der Waals surface area contributed by atoms with Crippen LogP contribution in [0, 0.1) is 13.8 Å². The Hall–Kier alpha value is -3.67. The van der Waals surface area contributed by atoms with Gasteiger partial charge < -0.3 is 10.5 Å². The molecule has 140 valence electrons. The molecule has 4 rings (SSSR count). The lowest BCUT2D eigenvalue weighted by Crippen LogP contribution is -2.01. The van der Waals surface area contributed by atoms with Crippen LogP contribution < -0.4 is 10.5 Å². The molecule has 0 aliphatic rings. The molecule has 0 saturated heterocycles. The monoisotopic (exact) mass is 371 g/mol. The Morgan fingerprint density at radius 1 is 0.893 bits per heavy atom. The van der Waals surface area contributed by atoms with Gasteiger partial charge in [-0.05, 0) is 56.3 Å². The molecule has 0 unspecified atom stereocenters. The lowest BCUT2D eigenvalue weighted by atomic mass is 10.1. The summed E-state index contributed by atoms with van der Waals surface area (Å²) in [5, 5.41) is 4.71. The first-order valence-electron chi connectivity index (χ1n) is 8.98. The van der Waals surface area contributed by atoms with Gasteiger partial charge in [0.25, 0.3) is 0 Å². The molecule has 2 aromatic heterocycles. The van der Waals surface area contributed by atoms with E-state index in [1.54, 1.807) is 7.11 Å². The van der Waals surface area contributed by atoms with Crippen molar-refractivity contribution in [2.75, 3.05) is 12.8 Å². The Bertz CT molecular complexity index is 1120. The summed E-state index contributed by atoms with van der Waals surface area (Å²) in [7, 11) is 1.64. The second kappa shape index (κ2) is 7.15. The Balaban J connectivity index is 1.82. The Morgan fingerprint density at radius 3 is 2.25 bits per heavy atom. The van der Waals surface area contributed by atoms with E-state index in [1.165, 1.54) is 0 Å². The van der Waals surface area contributed by atoms with Gasteiger partial charge in [0.05, 0.1) is 35.6 Å². The number of hydrogen-bond donors (Lipinski definition) is 1. The number of nitrogens with zero attached hydrogens (tertiary/aromatic N) is 4. The van der Waals surface area contributed by atoms with Crippen molar-refractivity contribution in [1.82, 2.24) is 19.7 Å². The summed E-state index contributed by atoms with van der Waals surface area (Å²) in [6.07, 6.45) is 0. The van der Waals surface area contributed by atoms with Crippen LogP contribution >= 0.6 is 0 Å². The van der Waals surface area contributed by atoms with Crippen molar-refractivity contribution in [1.29, 1.82) is 0 Å². The van der Waals surface area contributed by atoms with Crippen molar-refractivity contribution < 1.29 is 4.74 Å². The van der Waals surface area contributed by atoms with Gasteiger partial charge in [-0.2, -0.15) is 5.10 Å². The van der Waals surface area contributed by atoms with Crippen LogP contribution in [0.2, 0.25) is 0 Å². The fourth-order valence-corrected chi connectivity index (χ4v) is 3.34. The molecule has 2 aromatic carbocycles. The first-order valence-corrected chi connectivity index (χ1v) is 8.98. The van der Waals surface area contributed by atoms with Crippen LogP contribution in [0.4, 0.5) is 5.95 Å². The summed E-state index contributed by atoms with van der Waals surface area (Å²) >= 11 is 0. The Kier molecular flexibility index (Phi) is 4.53. The summed E-state index contributed by atoms with van der Waals surface area (Å²) in [5.74, 6) is 1.02. The molecule has 6 heteroatoms. The largest absolute Gasteiger partial charge is 0.497 e. The molecule has 0 bridgehead atoms. The molecule has 28 heavy (non-hydrogen) atoms. The summed E-state index contributed by atoms with van der Waals surface area (Å²) in [6, 6.07) is 19.7. The Morgan fingerprint density at radius 2 is 1.57 bits per heavy atom. The quantitative estimate of drug-likeness (QED) is 0.581. The molecule has 0 radical (unpaired) electrons. The highest BCUT2D eigenvalue weighted by Gasteiger charge is 2.17. The summed E-state index contributed by atoms with van der Waals surface area (Å²) in [5.41, 5.74) is 12.4. The lowest BCUT2D eigenvalue weighted by Gasteiger charge is -2.08. The van der Waals surface area contributed by atoms with Crippen molar-refractivity contribution >= 4 is 5.95 Å². The number of anilines is 1. The molecule has 0 aliphatic carbocycles. The van der Waals surface area contributed by atoms with Crippen molar-refractivity contribution in [3.63, 3.8) is 0 Å². The molecule has 6 nitrogen and oxygen atoms in total. The van der Waals surface area contributed by atoms with E-state index < -0.39 is 0 Å². The molecular weight excluding hydrogens is 350 g/mol. The number of para-hydroxylation sites is 1. The normalized spacial score (nSPS) is 10.8. The van der Waals surface area contributed by atoms with Gasteiger partial charge in [0.2, 0.25) is 5.95 Å². The molecular formula is C22H21N5O. The molecule has 0 aliphatic heterocycles. The maximum absolute atomic E-state index is 6.03. The predicted octanol–water partition coefficient (Wildman–Crippen LogP) is 4.20. The number of nitrogens with two attached hydrogens (primary N) is 1. The summed E-state index contributed by atoms with van der Waals surface area (Å²) < 4.78 is 7.16. The van der Waals surface area contributed by atoms with Gasteiger partial charge in [-0.3, -0.25) is 0 Å². The fraction of sp³-hybridized carbons (Fsp3) is 0.136. The number of nitrogen functional groups attached to an aromatic ring is 1. The zero-order valence-corrected chi connectivity index (χ0v) is 16.0. The highest BCUT2D eigenvalue weighted by molar-refractivity contribution is 5.72. The minimum absolute atomic E-state index is 0.231. The number of benzene rings is 2. The number of aromatic nitrogens is 4. The zero-order valence-electron chi connectivity index (χ0n) is 16.0. The first kappa shape index (κ1) is 17.7. The molecule has 0 saturated carbocycles. The molecule has 4 aromatic rings. The van der Waals surface area contributed by atoms with Crippen LogP contribution in [0.3, 0.4) is 0 Å². The van der Waals surface area contributed by atoms with E-state index in [9.17, 15) is 0 Å². The molecule has 0 fully saturated rings. The third-order valence-corrected chi connectivity index (χ3v) is 4.68. The van der Waals surface area contributed by atoms with Gasteiger partial charge in [0.1, 0.15) is 5.75 Å². The maximum atomic E-state index is 6.03. The third kappa shape index (κ3) is 3.20. The van der Waals surface area contributed by atoms with E-state index in [1.807, 2.05) is 79.2 Å². The molecule has 0 spiro atoms. The number of ether oxygens (including phenoxy) is 1. The van der Waals surface area contributed by atoms with Crippen molar-refractivity contribution in [2.45, 2.75) is 13.8 Å². The average molecular weight is 371 g/mol. The predicted molar refractivity (Wildman–Crippen MR) is 110 cm³/mol. The van der Waals surface area contributed by atoms with Crippen LogP contribution in [0.5, 0.6) is 5.75 Å². The summed E-state index contributed by atoms with van der Waals surface area (Å²) in [6.45, 7) is 4.01. The van der Waals surface area contributed by atoms with Crippen molar-refractivity contribution in [3.8, 4) is 34.0 Å². The maximum Gasteiger partial charge on any atom is 0.221 e. The van der Waals surface area contributed by atoms with Crippen LogP contribution in [0.25, 0.3) is 28.2 Å². The number of rotatable bonds is 4. The van der Waals surface area contributed by atoms with Crippen LogP contribution in [0.1, 0.15) is 11.4 Å². The minimum atomic E-state index is 0.231. The molecule has 2 heterocycles. The second-order valence-corrected chi connectivity index (χ2v) is 6.52. The Labute approximate surface area is 163 Å². The van der Waals surface area contributed by atoms with Gasteiger partial charge in [-0.1, -0.05) is 18.2 Å². The highest BCUT2D eigenvalue weighted by atomic mass is 16.5. The zero-order chi connectivity index (χ0) is 19.7.